The van der Waals surface area contributed by atoms with Gasteiger partial charge in [-0.05, 0) is 99.6 Å². The smallest absolute Gasteiger partial charge is 0.344 e. The lowest BCUT2D eigenvalue weighted by molar-refractivity contribution is -0.189. The molecule has 0 aromatic heterocycles. The van der Waals surface area contributed by atoms with Gasteiger partial charge in [0.05, 0.1) is 11.3 Å². The lowest BCUT2D eigenvalue weighted by Crippen LogP contribution is -2.55. The lowest BCUT2D eigenvalue weighted by atomic mass is 9.86. The first-order chi connectivity index (χ1) is 26.5. The van der Waals surface area contributed by atoms with Gasteiger partial charge in [-0.1, -0.05) is 78.9 Å². The Balaban J connectivity index is 1.19. The molecular weight excluding hydrogens is 726 g/mol. The number of amides is 4. The minimum Gasteiger partial charge on any atom is -0.344 e. The first-order valence-corrected chi connectivity index (χ1v) is 20.6. The fraction of sp³-hybridized carbons (Fsp3) is 0.488. The van der Waals surface area contributed by atoms with Crippen LogP contribution in [0.4, 0.5) is 18.9 Å². The molecule has 0 radical (unpaired) electrons. The number of halogens is 3. The number of anilines is 1. The summed E-state index contributed by atoms with van der Waals surface area (Å²) in [4.78, 5) is 59.2. The SMILES string of the molecule is Cc1ccccc1N1CCCCC(NC(=O)C(CCC(Cc2ccccc2)C(=O)NC2CCS[C@H]3CCC(C(F)(F)F)CN3C2=O)Cc2ccccc2)C1=O. The molecule has 12 heteroatoms. The molecule has 0 saturated carbocycles. The molecule has 6 atom stereocenters. The zero-order chi connectivity index (χ0) is 39.0. The van der Waals surface area contributed by atoms with Gasteiger partial charge in [0.15, 0.2) is 0 Å². The third-order valence-corrected chi connectivity index (χ3v) is 12.6. The van der Waals surface area contributed by atoms with Crippen LogP contribution in [0.15, 0.2) is 84.9 Å². The van der Waals surface area contributed by atoms with Crippen molar-refractivity contribution in [1.29, 1.82) is 0 Å². The van der Waals surface area contributed by atoms with Crippen LogP contribution < -0.4 is 15.5 Å². The molecule has 3 aliphatic heterocycles. The number of alkyl halides is 3. The van der Waals surface area contributed by atoms with Gasteiger partial charge in [0, 0.05) is 30.6 Å². The van der Waals surface area contributed by atoms with E-state index in [-0.39, 0.29) is 35.9 Å². The molecule has 55 heavy (non-hydrogen) atoms. The number of benzene rings is 3. The molecule has 8 nitrogen and oxygen atoms in total. The first kappa shape index (κ1) is 40.3. The second-order valence-corrected chi connectivity index (χ2v) is 16.5. The Kier molecular flexibility index (Phi) is 13.6. The molecule has 4 amide bonds. The van der Waals surface area contributed by atoms with Crippen molar-refractivity contribution in [2.45, 2.75) is 94.8 Å². The fourth-order valence-corrected chi connectivity index (χ4v) is 9.42. The number of aryl methyl sites for hydroxylation is 1. The monoisotopic (exact) mass is 776 g/mol. The normalized spacial score (nSPS) is 23.2. The molecule has 3 heterocycles. The van der Waals surface area contributed by atoms with Gasteiger partial charge in [0.1, 0.15) is 12.1 Å². The van der Waals surface area contributed by atoms with Gasteiger partial charge >= 0.3 is 6.18 Å². The van der Waals surface area contributed by atoms with Gasteiger partial charge in [0.2, 0.25) is 23.6 Å². The number of hydrogen-bond acceptors (Lipinski definition) is 5. The number of nitrogens with zero attached hydrogens (tertiary/aromatic N) is 2. The number of piperidine rings is 1. The molecule has 0 spiro atoms. The van der Waals surface area contributed by atoms with Crippen molar-refractivity contribution in [3.63, 3.8) is 0 Å². The van der Waals surface area contributed by atoms with E-state index < -0.39 is 48.5 Å². The van der Waals surface area contributed by atoms with Crippen LogP contribution in [-0.4, -0.2) is 71.0 Å². The minimum atomic E-state index is -4.39. The van der Waals surface area contributed by atoms with E-state index in [9.17, 15) is 32.3 Å². The highest BCUT2D eigenvalue weighted by Gasteiger charge is 2.47. The second-order valence-electron chi connectivity index (χ2n) is 15.2. The molecule has 2 N–H and O–H groups in total. The Morgan fingerprint density at radius 1 is 0.745 bits per heavy atom. The number of carbonyl (C=O) groups is 4. The first-order valence-electron chi connectivity index (χ1n) is 19.5. The average Bonchev–Trinajstić information content (AvgIpc) is 3.45. The molecule has 5 unspecified atom stereocenters. The molecule has 3 aromatic rings. The van der Waals surface area contributed by atoms with Gasteiger partial charge in [-0.25, -0.2) is 0 Å². The predicted octanol–water partition coefficient (Wildman–Crippen LogP) is 7.24. The van der Waals surface area contributed by atoms with Crippen molar-refractivity contribution < 1.29 is 32.3 Å². The van der Waals surface area contributed by atoms with Gasteiger partial charge in [-0.15, -0.1) is 11.8 Å². The summed E-state index contributed by atoms with van der Waals surface area (Å²) in [5.41, 5.74) is 3.69. The number of rotatable bonds is 12. The number of hydrogen-bond donors (Lipinski definition) is 2. The van der Waals surface area contributed by atoms with E-state index >= 15 is 0 Å². The summed E-state index contributed by atoms with van der Waals surface area (Å²) < 4.78 is 41.1. The van der Waals surface area contributed by atoms with Crippen molar-refractivity contribution in [3.8, 4) is 0 Å². The Bertz CT molecular complexity index is 1780. The van der Waals surface area contributed by atoms with Crippen molar-refractivity contribution in [1.82, 2.24) is 15.5 Å². The van der Waals surface area contributed by atoms with Gasteiger partial charge in [0.25, 0.3) is 0 Å². The van der Waals surface area contributed by atoms with E-state index in [1.807, 2.05) is 91.9 Å². The van der Waals surface area contributed by atoms with E-state index in [4.69, 9.17) is 0 Å². The maximum atomic E-state index is 14.2. The molecule has 3 fully saturated rings. The third kappa shape index (κ3) is 10.5. The molecule has 0 bridgehead atoms. The molecular formula is C43H51F3N4O4S. The highest BCUT2D eigenvalue weighted by Crippen LogP contribution is 2.40. The van der Waals surface area contributed by atoms with E-state index in [0.29, 0.717) is 50.8 Å². The zero-order valence-electron chi connectivity index (χ0n) is 31.3. The summed E-state index contributed by atoms with van der Waals surface area (Å²) in [6.45, 7) is 2.14. The van der Waals surface area contributed by atoms with Crippen LogP contribution >= 0.6 is 11.8 Å². The Morgan fingerprint density at radius 3 is 1.89 bits per heavy atom. The van der Waals surface area contributed by atoms with E-state index in [0.717, 1.165) is 35.2 Å². The van der Waals surface area contributed by atoms with Gasteiger partial charge < -0.3 is 20.4 Å². The fourth-order valence-electron chi connectivity index (χ4n) is 8.11. The molecule has 3 aliphatic rings. The summed E-state index contributed by atoms with van der Waals surface area (Å²) in [7, 11) is 0. The maximum absolute atomic E-state index is 14.2. The highest BCUT2D eigenvalue weighted by atomic mass is 32.2. The number of para-hydroxylation sites is 1. The summed E-state index contributed by atoms with van der Waals surface area (Å²) in [5.74, 6) is -3.43. The highest BCUT2D eigenvalue weighted by molar-refractivity contribution is 7.99. The standard InChI is InChI=1S/C43H51F3N4O4S/c1-29-12-8-9-18-37(29)49-24-11-10-17-35(41(49)53)47-39(51)32(26-30-13-4-2-5-14-30)19-20-33(27-31-15-6-3-7-16-31)40(52)48-36-23-25-55-38-22-21-34(43(44,45)46)28-50(38)42(36)54/h2-9,12-16,18,32-36,38H,10-11,17,19-28H2,1H3,(H,47,51)(H,48,52)/t32?,33?,34?,35?,36?,38-/m0/s1. The Morgan fingerprint density at radius 2 is 1.31 bits per heavy atom. The van der Waals surface area contributed by atoms with Crippen LogP contribution in [0.1, 0.15) is 68.1 Å². The van der Waals surface area contributed by atoms with Crippen LogP contribution in [0.2, 0.25) is 0 Å². The topological polar surface area (TPSA) is 98.8 Å². The quantitative estimate of drug-likeness (QED) is 0.202. The summed E-state index contributed by atoms with van der Waals surface area (Å²) in [6.07, 6.45) is -0.270. The zero-order valence-corrected chi connectivity index (χ0v) is 32.1. The van der Waals surface area contributed by atoms with Crippen LogP contribution in [0.3, 0.4) is 0 Å². The van der Waals surface area contributed by atoms with Gasteiger partial charge in [-0.3, -0.25) is 19.2 Å². The predicted molar refractivity (Wildman–Crippen MR) is 209 cm³/mol. The number of nitrogens with one attached hydrogen (secondary N) is 2. The van der Waals surface area contributed by atoms with Gasteiger partial charge in [-0.2, -0.15) is 13.2 Å². The van der Waals surface area contributed by atoms with E-state index in [1.165, 1.54) is 16.7 Å². The molecule has 3 aromatic carbocycles. The largest absolute Gasteiger partial charge is 0.393 e. The minimum absolute atomic E-state index is 0.0152. The van der Waals surface area contributed by atoms with Crippen molar-refractivity contribution in [2.24, 2.45) is 17.8 Å². The second kappa shape index (κ2) is 18.5. The third-order valence-electron chi connectivity index (χ3n) is 11.3. The van der Waals surface area contributed by atoms with Crippen LogP contribution in [0.25, 0.3) is 0 Å². The van der Waals surface area contributed by atoms with E-state index in [1.54, 1.807) is 4.90 Å². The van der Waals surface area contributed by atoms with Crippen molar-refractivity contribution >= 4 is 41.1 Å². The molecule has 6 rings (SSSR count). The van der Waals surface area contributed by atoms with Crippen LogP contribution in [0.5, 0.6) is 0 Å². The van der Waals surface area contributed by atoms with Crippen molar-refractivity contribution in [3.05, 3.63) is 102 Å². The summed E-state index contributed by atoms with van der Waals surface area (Å²) in [6, 6.07) is 25.3. The molecule has 294 valence electrons. The van der Waals surface area contributed by atoms with E-state index in [2.05, 4.69) is 10.6 Å². The summed E-state index contributed by atoms with van der Waals surface area (Å²) >= 11 is 1.47. The van der Waals surface area contributed by atoms with Crippen molar-refractivity contribution in [2.75, 3.05) is 23.7 Å². The number of thioether (sulfide) groups is 1. The molecule has 3 saturated heterocycles. The van der Waals surface area contributed by atoms with Crippen LogP contribution in [-0.2, 0) is 32.0 Å². The van der Waals surface area contributed by atoms with Crippen LogP contribution in [0, 0.1) is 24.7 Å². The number of fused-ring (bicyclic) bond motifs is 1. The lowest BCUT2D eigenvalue weighted by Gasteiger charge is -2.39. The Labute approximate surface area is 326 Å². The average molecular weight is 777 g/mol. The Hall–Kier alpha value is -4.32. The number of carbonyl (C=O) groups excluding carboxylic acids is 4. The maximum Gasteiger partial charge on any atom is 0.393 e. The molecule has 0 aliphatic carbocycles. The summed E-state index contributed by atoms with van der Waals surface area (Å²) in [5, 5.41) is 5.71.